The summed E-state index contributed by atoms with van der Waals surface area (Å²) in [6, 6.07) is 10.8. The van der Waals surface area contributed by atoms with E-state index in [4.69, 9.17) is 4.52 Å². The second kappa shape index (κ2) is 6.09. The molecule has 1 aromatic carbocycles. The molecule has 1 fully saturated rings. The van der Waals surface area contributed by atoms with E-state index >= 15 is 0 Å². The summed E-state index contributed by atoms with van der Waals surface area (Å²) in [6.45, 7) is 7.63. The summed E-state index contributed by atoms with van der Waals surface area (Å²) in [5.74, 6) is 0. The van der Waals surface area contributed by atoms with Crippen LogP contribution in [0.3, 0.4) is 0 Å². The van der Waals surface area contributed by atoms with Crippen molar-refractivity contribution in [1.29, 1.82) is 0 Å². The molecule has 0 bridgehead atoms. The lowest BCUT2D eigenvalue weighted by molar-refractivity contribution is 0.259. The molecule has 1 saturated heterocycles. The molecule has 4 heteroatoms. The first-order chi connectivity index (χ1) is 9.81. The van der Waals surface area contributed by atoms with E-state index in [1.807, 2.05) is 6.07 Å². The lowest BCUT2D eigenvalue weighted by atomic mass is 10.2. The Hall–Kier alpha value is -1.81. The first kappa shape index (κ1) is 13.2. The number of aromatic nitrogens is 1. The van der Waals surface area contributed by atoms with Crippen molar-refractivity contribution >= 4 is 5.69 Å². The summed E-state index contributed by atoms with van der Waals surface area (Å²) < 4.78 is 4.86. The minimum absolute atomic E-state index is 0.973. The summed E-state index contributed by atoms with van der Waals surface area (Å²) in [5.41, 5.74) is 3.71. The van der Waals surface area contributed by atoms with Crippen molar-refractivity contribution in [2.45, 2.75) is 13.3 Å². The highest BCUT2D eigenvalue weighted by molar-refractivity contribution is 5.47. The van der Waals surface area contributed by atoms with E-state index in [-0.39, 0.29) is 0 Å². The Morgan fingerprint density at radius 3 is 2.45 bits per heavy atom. The van der Waals surface area contributed by atoms with E-state index in [9.17, 15) is 0 Å². The zero-order chi connectivity index (χ0) is 13.8. The lowest BCUT2D eigenvalue weighted by Gasteiger charge is -2.36. The van der Waals surface area contributed by atoms with Crippen LogP contribution < -0.4 is 4.90 Å². The topological polar surface area (TPSA) is 32.5 Å². The molecule has 0 atom stereocenters. The predicted molar refractivity (Wildman–Crippen MR) is 80.0 cm³/mol. The molecule has 106 valence electrons. The number of rotatable bonds is 4. The lowest BCUT2D eigenvalue weighted by Crippen LogP contribution is -2.47. The van der Waals surface area contributed by atoms with Crippen molar-refractivity contribution in [1.82, 2.24) is 10.1 Å². The highest BCUT2D eigenvalue weighted by atomic mass is 16.5. The summed E-state index contributed by atoms with van der Waals surface area (Å²) in [7, 11) is 0. The van der Waals surface area contributed by atoms with Gasteiger partial charge in [-0.2, -0.15) is 0 Å². The minimum Gasteiger partial charge on any atom is -0.369 e. The molecule has 1 aromatic heterocycles. The number of nitrogens with zero attached hydrogens (tertiary/aromatic N) is 3. The van der Waals surface area contributed by atoms with Gasteiger partial charge in [0.2, 0.25) is 0 Å². The minimum atomic E-state index is 0.973. The molecular weight excluding hydrogens is 250 g/mol. The molecule has 0 spiro atoms. The van der Waals surface area contributed by atoms with E-state index in [0.717, 1.165) is 44.8 Å². The van der Waals surface area contributed by atoms with Crippen molar-refractivity contribution in [3.63, 3.8) is 0 Å². The van der Waals surface area contributed by atoms with Gasteiger partial charge in [0.05, 0.1) is 5.69 Å². The smallest absolute Gasteiger partial charge is 0.124 e. The number of aryl methyl sites for hydroxylation is 1. The van der Waals surface area contributed by atoms with Crippen LogP contribution in [0.25, 0.3) is 0 Å². The van der Waals surface area contributed by atoms with Crippen LogP contribution in [0.2, 0.25) is 0 Å². The number of benzene rings is 1. The largest absolute Gasteiger partial charge is 0.369 e. The van der Waals surface area contributed by atoms with Crippen molar-refractivity contribution in [3.05, 3.63) is 47.9 Å². The molecule has 0 N–H and O–H groups in total. The van der Waals surface area contributed by atoms with Crippen LogP contribution in [-0.2, 0) is 6.42 Å². The predicted octanol–water partition coefficient (Wildman–Crippen LogP) is 2.35. The third kappa shape index (κ3) is 3.20. The van der Waals surface area contributed by atoms with E-state index in [1.54, 1.807) is 6.26 Å². The summed E-state index contributed by atoms with van der Waals surface area (Å²) in [6.07, 6.45) is 2.62. The Kier molecular flexibility index (Phi) is 4.02. The maximum atomic E-state index is 4.86. The number of piperazine rings is 1. The number of hydrogen-bond acceptors (Lipinski definition) is 4. The van der Waals surface area contributed by atoms with Crippen molar-refractivity contribution in [2.75, 3.05) is 37.6 Å². The Bertz CT molecular complexity index is 513. The van der Waals surface area contributed by atoms with Crippen LogP contribution >= 0.6 is 0 Å². The SMILES string of the molecule is Cc1ccc(N2CCN(CCc3ccon3)CC2)cc1. The molecule has 0 unspecified atom stereocenters. The molecule has 0 amide bonds. The van der Waals surface area contributed by atoms with Crippen LogP contribution in [0.4, 0.5) is 5.69 Å². The van der Waals surface area contributed by atoms with Crippen LogP contribution in [0, 0.1) is 6.92 Å². The van der Waals surface area contributed by atoms with Gasteiger partial charge in [-0.3, -0.25) is 4.90 Å². The fourth-order valence-corrected chi connectivity index (χ4v) is 2.62. The average molecular weight is 271 g/mol. The zero-order valence-electron chi connectivity index (χ0n) is 12.0. The van der Waals surface area contributed by atoms with E-state index < -0.39 is 0 Å². The molecular formula is C16H21N3O. The Morgan fingerprint density at radius 1 is 1.05 bits per heavy atom. The highest BCUT2D eigenvalue weighted by Gasteiger charge is 2.17. The van der Waals surface area contributed by atoms with Gasteiger partial charge in [0.1, 0.15) is 6.26 Å². The van der Waals surface area contributed by atoms with Gasteiger partial charge in [-0.15, -0.1) is 0 Å². The number of anilines is 1. The molecule has 2 heterocycles. The summed E-state index contributed by atoms with van der Waals surface area (Å²) in [5, 5.41) is 3.96. The molecule has 0 aliphatic carbocycles. The van der Waals surface area contributed by atoms with Crippen molar-refractivity contribution < 1.29 is 4.52 Å². The normalized spacial score (nSPS) is 16.6. The van der Waals surface area contributed by atoms with Crippen molar-refractivity contribution in [2.24, 2.45) is 0 Å². The average Bonchev–Trinajstić information content (AvgIpc) is 3.00. The van der Waals surface area contributed by atoms with Gasteiger partial charge in [0.15, 0.2) is 0 Å². The number of hydrogen-bond donors (Lipinski definition) is 0. The second-order valence-corrected chi connectivity index (χ2v) is 5.41. The molecule has 1 aliphatic rings. The third-order valence-corrected chi connectivity index (χ3v) is 3.95. The first-order valence-electron chi connectivity index (χ1n) is 7.24. The molecule has 2 aromatic rings. The molecule has 3 rings (SSSR count). The Labute approximate surface area is 120 Å². The first-order valence-corrected chi connectivity index (χ1v) is 7.24. The van der Waals surface area contributed by atoms with E-state index in [1.165, 1.54) is 11.3 Å². The van der Waals surface area contributed by atoms with Gasteiger partial charge < -0.3 is 9.42 Å². The van der Waals surface area contributed by atoms with Gasteiger partial charge >= 0.3 is 0 Å². The monoisotopic (exact) mass is 271 g/mol. The van der Waals surface area contributed by atoms with Gasteiger partial charge in [-0.1, -0.05) is 22.9 Å². The summed E-state index contributed by atoms with van der Waals surface area (Å²) in [4.78, 5) is 4.96. The van der Waals surface area contributed by atoms with Gasteiger partial charge in [0, 0.05) is 50.9 Å². The van der Waals surface area contributed by atoms with Crippen molar-refractivity contribution in [3.8, 4) is 0 Å². The molecule has 0 radical (unpaired) electrons. The quantitative estimate of drug-likeness (QED) is 0.854. The maximum Gasteiger partial charge on any atom is 0.124 e. The molecule has 1 aliphatic heterocycles. The summed E-state index contributed by atoms with van der Waals surface area (Å²) >= 11 is 0. The third-order valence-electron chi connectivity index (χ3n) is 3.95. The van der Waals surface area contributed by atoms with E-state index in [2.05, 4.69) is 46.1 Å². The Morgan fingerprint density at radius 2 is 1.80 bits per heavy atom. The highest BCUT2D eigenvalue weighted by Crippen LogP contribution is 2.17. The maximum absolute atomic E-state index is 4.86. The second-order valence-electron chi connectivity index (χ2n) is 5.41. The van der Waals surface area contributed by atoms with Crippen LogP contribution in [-0.4, -0.2) is 42.8 Å². The fourth-order valence-electron chi connectivity index (χ4n) is 2.62. The molecule has 0 saturated carbocycles. The fraction of sp³-hybridized carbons (Fsp3) is 0.438. The van der Waals surface area contributed by atoms with E-state index in [0.29, 0.717) is 0 Å². The zero-order valence-corrected chi connectivity index (χ0v) is 12.0. The molecule has 4 nitrogen and oxygen atoms in total. The van der Waals surface area contributed by atoms with Crippen LogP contribution in [0.5, 0.6) is 0 Å². The van der Waals surface area contributed by atoms with Crippen LogP contribution in [0.15, 0.2) is 41.1 Å². The Balaban J connectivity index is 1.48. The van der Waals surface area contributed by atoms with Crippen LogP contribution in [0.1, 0.15) is 11.3 Å². The standard InChI is InChI=1S/C16H21N3O/c1-14-2-4-16(5-3-14)19-11-9-18(10-12-19)8-6-15-7-13-20-17-15/h2-5,7,13H,6,8-12H2,1H3. The van der Waals surface area contributed by atoms with Gasteiger partial charge in [-0.05, 0) is 19.1 Å². The van der Waals surface area contributed by atoms with Gasteiger partial charge in [-0.25, -0.2) is 0 Å². The van der Waals surface area contributed by atoms with Gasteiger partial charge in [0.25, 0.3) is 0 Å². The molecule has 20 heavy (non-hydrogen) atoms.